The van der Waals surface area contributed by atoms with Crippen molar-refractivity contribution < 1.29 is 18.7 Å². The molecule has 0 radical (unpaired) electrons. The van der Waals surface area contributed by atoms with Crippen molar-refractivity contribution in [2.75, 3.05) is 23.3 Å². The van der Waals surface area contributed by atoms with Crippen LogP contribution in [-0.2, 0) is 0 Å². The fraction of sp³-hybridized carbons (Fsp3) is 0.333. The molecule has 0 unspecified atom stereocenters. The number of nitrogens with one attached hydrogen (secondary N) is 1. The zero-order chi connectivity index (χ0) is 14.0. The van der Waals surface area contributed by atoms with Gasteiger partial charge in [-0.1, -0.05) is 0 Å². The van der Waals surface area contributed by atoms with Crippen molar-refractivity contribution in [2.45, 2.75) is 6.42 Å². The molecule has 1 fully saturated rings. The summed E-state index contributed by atoms with van der Waals surface area (Å²) >= 11 is 0. The van der Waals surface area contributed by atoms with Crippen molar-refractivity contribution >= 4 is 17.5 Å². The number of rotatable bonds is 3. The second kappa shape index (κ2) is 5.10. The molecule has 19 heavy (non-hydrogen) atoms. The summed E-state index contributed by atoms with van der Waals surface area (Å²) in [6.07, 6.45) is -1.03. The molecular formula is C12H11F2N3O2. The number of amides is 1. The molecule has 1 aliphatic rings. The predicted octanol–water partition coefficient (Wildman–Crippen LogP) is 2.40. The number of benzene rings is 1. The molecule has 5 nitrogen and oxygen atoms in total. The molecular weight excluding hydrogens is 256 g/mol. The Balaban J connectivity index is 2.15. The van der Waals surface area contributed by atoms with E-state index in [1.807, 2.05) is 11.4 Å². The van der Waals surface area contributed by atoms with Crippen molar-refractivity contribution in [3.63, 3.8) is 0 Å². The standard InChI is InChI=1S/C12H11F2N3O2/c13-9-3-8(16-12(18)19)4-10(14)11(9)17-5-7(6-17)1-2-15/h3-4,7,16H,1,5-6H2,(H,18,19). The normalized spacial score (nSPS) is 14.7. The lowest BCUT2D eigenvalue weighted by Crippen LogP contribution is -2.47. The van der Waals surface area contributed by atoms with E-state index in [1.54, 1.807) is 0 Å². The molecule has 0 aliphatic carbocycles. The molecule has 7 heteroatoms. The van der Waals surface area contributed by atoms with Crippen LogP contribution >= 0.6 is 0 Å². The van der Waals surface area contributed by atoms with Crippen LogP contribution in [0.15, 0.2) is 12.1 Å². The van der Waals surface area contributed by atoms with E-state index in [9.17, 15) is 13.6 Å². The van der Waals surface area contributed by atoms with Gasteiger partial charge in [0.25, 0.3) is 0 Å². The molecule has 0 atom stereocenters. The van der Waals surface area contributed by atoms with Crippen molar-refractivity contribution in [3.05, 3.63) is 23.8 Å². The first-order valence-corrected chi connectivity index (χ1v) is 5.62. The van der Waals surface area contributed by atoms with E-state index in [0.717, 1.165) is 12.1 Å². The Hall–Kier alpha value is -2.36. The number of halogens is 2. The van der Waals surface area contributed by atoms with E-state index in [2.05, 4.69) is 0 Å². The Kier molecular flexibility index (Phi) is 3.51. The van der Waals surface area contributed by atoms with Crippen LogP contribution in [0.3, 0.4) is 0 Å². The van der Waals surface area contributed by atoms with Crippen LogP contribution in [0.4, 0.5) is 25.0 Å². The quantitative estimate of drug-likeness (QED) is 0.881. The highest BCUT2D eigenvalue weighted by Crippen LogP contribution is 2.32. The summed E-state index contributed by atoms with van der Waals surface area (Å²) in [5.74, 6) is -1.51. The van der Waals surface area contributed by atoms with E-state index in [1.165, 1.54) is 4.90 Å². The lowest BCUT2D eigenvalue weighted by atomic mass is 9.96. The minimum Gasteiger partial charge on any atom is -0.465 e. The lowest BCUT2D eigenvalue weighted by Gasteiger charge is -2.40. The highest BCUT2D eigenvalue weighted by Gasteiger charge is 2.30. The fourth-order valence-corrected chi connectivity index (χ4v) is 2.07. The zero-order valence-corrected chi connectivity index (χ0v) is 9.86. The highest BCUT2D eigenvalue weighted by atomic mass is 19.1. The fourth-order valence-electron chi connectivity index (χ4n) is 2.07. The minimum absolute atomic E-state index is 0.126. The molecule has 1 aromatic carbocycles. The summed E-state index contributed by atoms with van der Waals surface area (Å²) in [5.41, 5.74) is -0.328. The Labute approximate surface area is 108 Å². The maximum absolute atomic E-state index is 13.8. The van der Waals surface area contributed by atoms with Gasteiger partial charge in [-0.2, -0.15) is 5.26 Å². The van der Waals surface area contributed by atoms with Gasteiger partial charge in [0.1, 0.15) is 5.69 Å². The van der Waals surface area contributed by atoms with Crippen LogP contribution in [0.2, 0.25) is 0 Å². The number of carboxylic acid groups (broad SMARTS) is 1. The Morgan fingerprint density at radius 2 is 2.05 bits per heavy atom. The topological polar surface area (TPSA) is 76.4 Å². The molecule has 0 aromatic heterocycles. The maximum atomic E-state index is 13.8. The van der Waals surface area contributed by atoms with E-state index in [0.29, 0.717) is 19.5 Å². The zero-order valence-electron chi connectivity index (χ0n) is 9.86. The molecule has 1 aliphatic heterocycles. The molecule has 100 valence electrons. The number of anilines is 2. The van der Waals surface area contributed by atoms with Gasteiger partial charge in [0, 0.05) is 31.1 Å². The number of nitrogens with zero attached hydrogens (tertiary/aromatic N) is 2. The Bertz CT molecular complexity index is 527. The number of carbonyl (C=O) groups is 1. The van der Waals surface area contributed by atoms with E-state index in [-0.39, 0.29) is 17.3 Å². The van der Waals surface area contributed by atoms with Crippen molar-refractivity contribution in [3.8, 4) is 6.07 Å². The first-order valence-electron chi connectivity index (χ1n) is 5.62. The van der Waals surface area contributed by atoms with Crippen LogP contribution in [0.25, 0.3) is 0 Å². The molecule has 1 aromatic rings. The van der Waals surface area contributed by atoms with Gasteiger partial charge in [0.05, 0.1) is 6.07 Å². The van der Waals surface area contributed by atoms with Crippen LogP contribution in [0, 0.1) is 28.9 Å². The van der Waals surface area contributed by atoms with Gasteiger partial charge in [0.15, 0.2) is 11.6 Å². The molecule has 0 bridgehead atoms. The van der Waals surface area contributed by atoms with Crippen molar-refractivity contribution in [1.29, 1.82) is 5.26 Å². The summed E-state index contributed by atoms with van der Waals surface area (Å²) in [4.78, 5) is 11.9. The summed E-state index contributed by atoms with van der Waals surface area (Å²) in [7, 11) is 0. The molecule has 2 N–H and O–H groups in total. The predicted molar refractivity (Wildman–Crippen MR) is 63.9 cm³/mol. The SMILES string of the molecule is N#CCC1CN(c2c(F)cc(NC(=O)O)cc2F)C1. The summed E-state index contributed by atoms with van der Waals surface area (Å²) in [5, 5.41) is 18.9. The third kappa shape index (κ3) is 2.73. The minimum atomic E-state index is -1.38. The molecule has 2 rings (SSSR count). The first-order chi connectivity index (χ1) is 9.01. The molecule has 0 spiro atoms. The van der Waals surface area contributed by atoms with Crippen LogP contribution in [-0.4, -0.2) is 24.3 Å². The molecule has 1 saturated heterocycles. The maximum Gasteiger partial charge on any atom is 0.409 e. The number of nitriles is 1. The number of hydrogen-bond acceptors (Lipinski definition) is 3. The van der Waals surface area contributed by atoms with E-state index in [4.69, 9.17) is 10.4 Å². The lowest BCUT2D eigenvalue weighted by molar-refractivity contribution is 0.209. The van der Waals surface area contributed by atoms with Gasteiger partial charge in [-0.05, 0) is 12.1 Å². The average molecular weight is 267 g/mol. The summed E-state index contributed by atoms with van der Waals surface area (Å²) in [6.45, 7) is 0.847. The average Bonchev–Trinajstić information content (AvgIpc) is 2.23. The summed E-state index contributed by atoms with van der Waals surface area (Å²) < 4.78 is 27.5. The molecule has 1 heterocycles. The second-order valence-corrected chi connectivity index (χ2v) is 4.35. The molecule has 0 saturated carbocycles. The third-order valence-electron chi connectivity index (χ3n) is 2.92. The van der Waals surface area contributed by atoms with Gasteiger partial charge in [-0.25, -0.2) is 13.6 Å². The van der Waals surface area contributed by atoms with Crippen LogP contribution < -0.4 is 10.2 Å². The van der Waals surface area contributed by atoms with Crippen LogP contribution in [0.5, 0.6) is 0 Å². The van der Waals surface area contributed by atoms with Gasteiger partial charge in [0.2, 0.25) is 0 Å². The monoisotopic (exact) mass is 267 g/mol. The van der Waals surface area contributed by atoms with Crippen LogP contribution in [0.1, 0.15) is 6.42 Å². The van der Waals surface area contributed by atoms with Gasteiger partial charge >= 0.3 is 6.09 Å². The van der Waals surface area contributed by atoms with Crippen molar-refractivity contribution in [1.82, 2.24) is 0 Å². The second-order valence-electron chi connectivity index (χ2n) is 4.35. The first kappa shape index (κ1) is 13.1. The highest BCUT2D eigenvalue weighted by molar-refractivity contribution is 5.83. The van der Waals surface area contributed by atoms with Gasteiger partial charge in [-0.15, -0.1) is 0 Å². The van der Waals surface area contributed by atoms with Gasteiger partial charge in [-0.3, -0.25) is 5.32 Å². The number of hydrogen-bond donors (Lipinski definition) is 2. The Morgan fingerprint density at radius 1 is 1.47 bits per heavy atom. The van der Waals surface area contributed by atoms with Crippen molar-refractivity contribution in [2.24, 2.45) is 5.92 Å². The smallest absolute Gasteiger partial charge is 0.409 e. The van der Waals surface area contributed by atoms with Gasteiger partial charge < -0.3 is 10.0 Å². The third-order valence-corrected chi connectivity index (χ3v) is 2.92. The van der Waals surface area contributed by atoms with E-state index >= 15 is 0 Å². The van der Waals surface area contributed by atoms with E-state index < -0.39 is 17.7 Å². The Morgan fingerprint density at radius 3 is 2.53 bits per heavy atom. The summed E-state index contributed by atoms with van der Waals surface area (Å²) in [6, 6.07) is 3.88. The molecule has 1 amide bonds. The largest absolute Gasteiger partial charge is 0.465 e.